The highest BCUT2D eigenvalue weighted by molar-refractivity contribution is 6.05. The second-order valence-corrected chi connectivity index (χ2v) is 5.23. The van der Waals surface area contributed by atoms with E-state index in [4.69, 9.17) is 0 Å². The van der Waals surface area contributed by atoms with E-state index in [1.807, 2.05) is 62.4 Å². The molecule has 2 rings (SSSR count). The van der Waals surface area contributed by atoms with Crippen LogP contribution in [0.25, 0.3) is 5.70 Å². The normalized spacial score (nSPS) is 9.91. The van der Waals surface area contributed by atoms with Crippen LogP contribution in [-0.2, 0) is 0 Å². The monoisotopic (exact) mass is 292 g/mol. The van der Waals surface area contributed by atoms with E-state index in [-0.39, 0.29) is 5.91 Å². The molecule has 0 aliphatic carbocycles. The molecule has 3 nitrogen and oxygen atoms in total. The van der Waals surface area contributed by atoms with E-state index in [9.17, 15) is 4.79 Å². The summed E-state index contributed by atoms with van der Waals surface area (Å²) in [6.07, 6.45) is 0. The topological polar surface area (TPSA) is 41.1 Å². The van der Waals surface area contributed by atoms with Crippen molar-refractivity contribution >= 4 is 17.3 Å². The zero-order chi connectivity index (χ0) is 16.1. The van der Waals surface area contributed by atoms with Crippen molar-refractivity contribution < 1.29 is 4.79 Å². The highest BCUT2D eigenvalue weighted by atomic mass is 16.1. The number of benzene rings is 2. The van der Waals surface area contributed by atoms with Crippen molar-refractivity contribution in [2.45, 2.75) is 13.8 Å². The predicted molar refractivity (Wildman–Crippen MR) is 92.6 cm³/mol. The van der Waals surface area contributed by atoms with Crippen LogP contribution in [0.5, 0.6) is 0 Å². The van der Waals surface area contributed by atoms with Gasteiger partial charge in [-0.1, -0.05) is 43.5 Å². The first-order chi connectivity index (χ1) is 10.5. The number of hydrogen-bond acceptors (Lipinski definition) is 2. The molecule has 0 spiro atoms. The molecule has 0 atom stereocenters. The molecule has 0 heterocycles. The number of nitrogens with one attached hydrogen (secondary N) is 2. The molecule has 0 fully saturated rings. The Bertz CT molecular complexity index is 714. The van der Waals surface area contributed by atoms with Gasteiger partial charge in [0.1, 0.15) is 0 Å². The van der Waals surface area contributed by atoms with Gasteiger partial charge in [-0.25, -0.2) is 0 Å². The van der Waals surface area contributed by atoms with E-state index in [1.165, 1.54) is 0 Å². The summed E-state index contributed by atoms with van der Waals surface area (Å²) in [6, 6.07) is 15.0. The molecule has 2 aromatic rings. The fourth-order valence-corrected chi connectivity index (χ4v) is 2.11. The minimum Gasteiger partial charge on any atom is -0.360 e. The van der Waals surface area contributed by atoms with Crippen LogP contribution in [0.15, 0.2) is 67.4 Å². The first-order valence-electron chi connectivity index (χ1n) is 7.06. The number of anilines is 1. The van der Waals surface area contributed by atoms with E-state index < -0.39 is 0 Å². The first kappa shape index (κ1) is 15.6. The molecule has 0 aliphatic heterocycles. The number of carbonyl (C=O) groups excluding carboxylic acids is 1. The third-order valence-electron chi connectivity index (χ3n) is 3.25. The Kier molecular flexibility index (Phi) is 4.79. The Morgan fingerprint density at radius 3 is 2.23 bits per heavy atom. The average Bonchev–Trinajstić information content (AvgIpc) is 2.47. The van der Waals surface area contributed by atoms with E-state index in [2.05, 4.69) is 23.8 Å². The fourth-order valence-electron chi connectivity index (χ4n) is 2.11. The Hall–Kier alpha value is -2.81. The number of aryl methyl sites for hydroxylation is 1. The summed E-state index contributed by atoms with van der Waals surface area (Å²) >= 11 is 0. The van der Waals surface area contributed by atoms with Gasteiger partial charge >= 0.3 is 0 Å². The maximum absolute atomic E-state index is 12.2. The third kappa shape index (κ3) is 3.85. The lowest BCUT2D eigenvalue weighted by atomic mass is 10.1. The summed E-state index contributed by atoms with van der Waals surface area (Å²) in [5.74, 6) is -0.107. The molecule has 112 valence electrons. The van der Waals surface area contributed by atoms with Crippen LogP contribution >= 0.6 is 0 Å². The highest BCUT2D eigenvalue weighted by Crippen LogP contribution is 2.16. The van der Waals surface area contributed by atoms with Crippen molar-refractivity contribution in [2.75, 3.05) is 5.32 Å². The standard InChI is InChI=1S/C19H20N2O/c1-13(2)20-15(4)16-9-11-17(12-10-16)21-19(22)18-8-6-5-7-14(18)3/h5-12,20H,1,4H2,2-3H3,(H,21,22). The number of amides is 1. The van der Waals surface area contributed by atoms with Crippen molar-refractivity contribution in [2.24, 2.45) is 0 Å². The molecule has 0 aromatic heterocycles. The lowest BCUT2D eigenvalue weighted by Crippen LogP contribution is -2.13. The number of carbonyl (C=O) groups is 1. The van der Waals surface area contributed by atoms with Crippen LogP contribution in [0, 0.1) is 6.92 Å². The second-order valence-electron chi connectivity index (χ2n) is 5.23. The smallest absolute Gasteiger partial charge is 0.255 e. The minimum atomic E-state index is -0.107. The predicted octanol–water partition coefficient (Wildman–Crippen LogP) is 4.34. The van der Waals surface area contributed by atoms with Gasteiger partial charge in [-0.05, 0) is 43.2 Å². The summed E-state index contributed by atoms with van der Waals surface area (Å²) in [7, 11) is 0. The van der Waals surface area contributed by atoms with E-state index >= 15 is 0 Å². The van der Waals surface area contributed by atoms with Gasteiger partial charge < -0.3 is 10.6 Å². The molecule has 0 saturated heterocycles. The van der Waals surface area contributed by atoms with Gasteiger partial charge in [0, 0.05) is 22.6 Å². The van der Waals surface area contributed by atoms with Crippen molar-refractivity contribution in [1.29, 1.82) is 0 Å². The van der Waals surface area contributed by atoms with Gasteiger partial charge in [0.05, 0.1) is 0 Å². The minimum absolute atomic E-state index is 0.107. The van der Waals surface area contributed by atoms with E-state index in [0.717, 1.165) is 28.2 Å². The maximum atomic E-state index is 12.2. The Labute approximate surface area is 131 Å². The molecule has 3 heteroatoms. The van der Waals surface area contributed by atoms with Crippen LogP contribution in [-0.4, -0.2) is 5.91 Å². The number of rotatable bonds is 5. The quantitative estimate of drug-likeness (QED) is 0.860. The molecule has 2 aromatic carbocycles. The lowest BCUT2D eigenvalue weighted by Gasteiger charge is -2.11. The van der Waals surface area contributed by atoms with Crippen molar-refractivity contribution in [3.05, 3.63) is 84.1 Å². The van der Waals surface area contributed by atoms with Crippen LogP contribution in [0.3, 0.4) is 0 Å². The molecule has 0 radical (unpaired) electrons. The molecule has 0 saturated carbocycles. The van der Waals surface area contributed by atoms with Gasteiger partial charge in [0.15, 0.2) is 0 Å². The number of hydrogen-bond donors (Lipinski definition) is 2. The average molecular weight is 292 g/mol. The maximum Gasteiger partial charge on any atom is 0.255 e. The largest absolute Gasteiger partial charge is 0.360 e. The van der Waals surface area contributed by atoms with Crippen LogP contribution < -0.4 is 10.6 Å². The van der Waals surface area contributed by atoms with E-state index in [0.29, 0.717) is 5.56 Å². The summed E-state index contributed by atoms with van der Waals surface area (Å²) in [6.45, 7) is 11.5. The van der Waals surface area contributed by atoms with Gasteiger partial charge in [-0.2, -0.15) is 0 Å². The van der Waals surface area contributed by atoms with Crippen molar-refractivity contribution in [3.8, 4) is 0 Å². The van der Waals surface area contributed by atoms with Gasteiger partial charge in [0.25, 0.3) is 5.91 Å². The summed E-state index contributed by atoms with van der Waals surface area (Å²) in [5.41, 5.74) is 4.96. The molecule has 0 unspecified atom stereocenters. The molecule has 2 N–H and O–H groups in total. The van der Waals surface area contributed by atoms with E-state index in [1.54, 1.807) is 0 Å². The zero-order valence-electron chi connectivity index (χ0n) is 12.9. The summed E-state index contributed by atoms with van der Waals surface area (Å²) in [4.78, 5) is 12.2. The second kappa shape index (κ2) is 6.76. The molecule has 0 aliphatic rings. The third-order valence-corrected chi connectivity index (χ3v) is 3.25. The lowest BCUT2D eigenvalue weighted by molar-refractivity contribution is 0.102. The molecular formula is C19H20N2O. The number of allylic oxidation sites excluding steroid dienone is 1. The van der Waals surface area contributed by atoms with Crippen LogP contribution in [0.4, 0.5) is 5.69 Å². The van der Waals surface area contributed by atoms with Gasteiger partial charge in [-0.15, -0.1) is 0 Å². The molecule has 22 heavy (non-hydrogen) atoms. The van der Waals surface area contributed by atoms with Crippen LogP contribution in [0.2, 0.25) is 0 Å². The molecule has 0 bridgehead atoms. The Balaban J connectivity index is 2.08. The van der Waals surface area contributed by atoms with Gasteiger partial charge in [0.2, 0.25) is 0 Å². The summed E-state index contributed by atoms with van der Waals surface area (Å²) in [5, 5.41) is 5.98. The van der Waals surface area contributed by atoms with Crippen LogP contribution in [0.1, 0.15) is 28.4 Å². The molecular weight excluding hydrogens is 272 g/mol. The zero-order valence-corrected chi connectivity index (χ0v) is 12.9. The SMILES string of the molecule is C=C(C)NC(=C)c1ccc(NC(=O)c2ccccc2C)cc1. The Morgan fingerprint density at radius 2 is 1.64 bits per heavy atom. The van der Waals surface area contributed by atoms with Crippen molar-refractivity contribution in [3.63, 3.8) is 0 Å². The fraction of sp³-hybridized carbons (Fsp3) is 0.105. The van der Waals surface area contributed by atoms with Gasteiger partial charge in [-0.3, -0.25) is 4.79 Å². The summed E-state index contributed by atoms with van der Waals surface area (Å²) < 4.78 is 0. The Morgan fingerprint density at radius 1 is 1.00 bits per heavy atom. The first-order valence-corrected chi connectivity index (χ1v) is 7.06. The highest BCUT2D eigenvalue weighted by Gasteiger charge is 2.08. The van der Waals surface area contributed by atoms with Crippen molar-refractivity contribution in [1.82, 2.24) is 5.32 Å². The molecule has 1 amide bonds.